The van der Waals surface area contributed by atoms with E-state index in [2.05, 4.69) is 31.9 Å². The quantitative estimate of drug-likeness (QED) is 0.763. The second-order valence-electron chi connectivity index (χ2n) is 4.22. The average Bonchev–Trinajstić information content (AvgIpc) is 2.30. The normalized spacial score (nSPS) is 11.6. The summed E-state index contributed by atoms with van der Waals surface area (Å²) in [4.78, 5) is 0.0345. The maximum absolute atomic E-state index is 13.3. The third-order valence-electron chi connectivity index (χ3n) is 2.59. The molecule has 0 atom stereocenters. The molecule has 0 amide bonds. The Hall–Kier alpha value is -0.920. The molecule has 106 valence electrons. The Morgan fingerprint density at radius 2 is 1.75 bits per heavy atom. The van der Waals surface area contributed by atoms with Gasteiger partial charge in [0.05, 0.1) is 16.3 Å². The van der Waals surface area contributed by atoms with Crippen LogP contribution in [0, 0.1) is 5.82 Å². The Morgan fingerprint density at radius 1 is 1.05 bits per heavy atom. The van der Waals surface area contributed by atoms with Crippen molar-refractivity contribution >= 4 is 47.4 Å². The predicted molar refractivity (Wildman–Crippen MR) is 83.5 cm³/mol. The predicted octanol–water partition coefficient (Wildman–Crippen LogP) is 3.91. The number of anilines is 1. The molecule has 2 aromatic carbocycles. The summed E-state index contributed by atoms with van der Waals surface area (Å²) in [6.07, 6.45) is 0. The number of nitrogen functional groups attached to an aromatic ring is 1. The van der Waals surface area contributed by atoms with Gasteiger partial charge in [-0.2, -0.15) is 0 Å². The fourth-order valence-corrected chi connectivity index (χ4v) is 4.29. The van der Waals surface area contributed by atoms with Crippen molar-refractivity contribution in [2.75, 3.05) is 5.73 Å². The molecule has 0 heterocycles. The monoisotopic (exact) mass is 421 g/mol. The second kappa shape index (κ2) is 5.83. The summed E-state index contributed by atoms with van der Waals surface area (Å²) >= 11 is 6.35. The molecule has 2 rings (SSSR count). The van der Waals surface area contributed by atoms with Crippen LogP contribution in [0.25, 0.3) is 0 Å². The molecule has 0 fully saturated rings. The third kappa shape index (κ3) is 3.59. The minimum Gasteiger partial charge on any atom is -0.398 e. The lowest BCUT2D eigenvalue weighted by atomic mass is 10.2. The summed E-state index contributed by atoms with van der Waals surface area (Å²) in [6, 6.07) is 8.64. The molecule has 2 aromatic rings. The van der Waals surface area contributed by atoms with Crippen molar-refractivity contribution in [3.05, 3.63) is 56.7 Å². The van der Waals surface area contributed by atoms with E-state index in [9.17, 15) is 12.8 Å². The number of halogens is 3. The Morgan fingerprint density at radius 3 is 2.40 bits per heavy atom. The number of nitrogens with two attached hydrogens (primary N) is 1. The van der Waals surface area contributed by atoms with Crippen molar-refractivity contribution in [2.24, 2.45) is 0 Å². The lowest BCUT2D eigenvalue weighted by Crippen LogP contribution is -2.08. The Balaban J connectivity index is 2.43. The van der Waals surface area contributed by atoms with Gasteiger partial charge in [-0.25, -0.2) is 12.8 Å². The first kappa shape index (κ1) is 15.5. The number of benzene rings is 2. The van der Waals surface area contributed by atoms with E-state index in [-0.39, 0.29) is 16.3 Å². The van der Waals surface area contributed by atoms with Gasteiger partial charge in [0.25, 0.3) is 0 Å². The van der Waals surface area contributed by atoms with E-state index in [0.717, 1.165) is 0 Å². The highest BCUT2D eigenvalue weighted by atomic mass is 79.9. The van der Waals surface area contributed by atoms with Gasteiger partial charge in [-0.15, -0.1) is 0 Å². The van der Waals surface area contributed by atoms with E-state index >= 15 is 0 Å². The van der Waals surface area contributed by atoms with Crippen molar-refractivity contribution in [3.8, 4) is 0 Å². The summed E-state index contributed by atoms with van der Waals surface area (Å²) in [5.74, 6) is -0.809. The summed E-state index contributed by atoms with van der Waals surface area (Å²) in [5.41, 5.74) is 6.23. The van der Waals surface area contributed by atoms with Gasteiger partial charge in [0, 0.05) is 8.95 Å². The second-order valence-corrected chi connectivity index (χ2v) is 8.01. The molecule has 0 saturated heterocycles. The van der Waals surface area contributed by atoms with E-state index in [1.165, 1.54) is 24.3 Å². The van der Waals surface area contributed by atoms with Gasteiger partial charge in [0.1, 0.15) is 5.82 Å². The van der Waals surface area contributed by atoms with Gasteiger partial charge in [-0.1, -0.05) is 31.9 Å². The van der Waals surface area contributed by atoms with Crippen LogP contribution in [0.5, 0.6) is 0 Å². The molecule has 7 heteroatoms. The topological polar surface area (TPSA) is 60.2 Å². The van der Waals surface area contributed by atoms with E-state index < -0.39 is 15.7 Å². The molecule has 0 aromatic heterocycles. The maximum Gasteiger partial charge on any atom is 0.184 e. The van der Waals surface area contributed by atoms with Crippen LogP contribution in [-0.2, 0) is 15.6 Å². The number of hydrogen-bond donors (Lipinski definition) is 1. The Bertz CT molecular complexity index is 743. The zero-order valence-corrected chi connectivity index (χ0v) is 14.1. The molecule has 0 spiro atoms. The minimum absolute atomic E-state index is 0.0345. The highest BCUT2D eigenvalue weighted by molar-refractivity contribution is 9.10. The first-order chi connectivity index (χ1) is 9.28. The van der Waals surface area contributed by atoms with Gasteiger partial charge in [0.2, 0.25) is 0 Å². The maximum atomic E-state index is 13.3. The third-order valence-corrected chi connectivity index (χ3v) is 5.28. The lowest BCUT2D eigenvalue weighted by molar-refractivity contribution is 0.595. The van der Waals surface area contributed by atoms with Crippen LogP contribution < -0.4 is 5.73 Å². The molecule has 2 N–H and O–H groups in total. The fraction of sp³-hybridized carbons (Fsp3) is 0.0769. The average molecular weight is 423 g/mol. The molecule has 0 aliphatic carbocycles. The van der Waals surface area contributed by atoms with Crippen molar-refractivity contribution in [1.29, 1.82) is 0 Å². The number of sulfone groups is 1. The van der Waals surface area contributed by atoms with E-state index in [4.69, 9.17) is 5.73 Å². The molecule has 0 aliphatic heterocycles. The molecule has 0 saturated carbocycles. The molecule has 0 unspecified atom stereocenters. The van der Waals surface area contributed by atoms with Crippen molar-refractivity contribution in [3.63, 3.8) is 0 Å². The number of rotatable bonds is 3. The summed E-state index contributed by atoms with van der Waals surface area (Å²) in [7, 11) is -3.64. The smallest absolute Gasteiger partial charge is 0.184 e. The summed E-state index contributed by atoms with van der Waals surface area (Å²) < 4.78 is 39.1. The Labute approximate surface area is 133 Å². The fourth-order valence-electron chi connectivity index (χ4n) is 1.77. The van der Waals surface area contributed by atoms with Crippen LogP contribution in [0.3, 0.4) is 0 Å². The Kier molecular flexibility index (Phi) is 4.51. The van der Waals surface area contributed by atoms with E-state index in [1.54, 1.807) is 12.1 Å². The van der Waals surface area contributed by atoms with Crippen molar-refractivity contribution in [1.82, 2.24) is 0 Å². The van der Waals surface area contributed by atoms with Gasteiger partial charge in [-0.05, 0) is 42.0 Å². The lowest BCUT2D eigenvalue weighted by Gasteiger charge is -2.09. The standard InChI is InChI=1S/C13H10Br2FNO2S/c14-9-1-2-12(17)13(6-9)20(18,19)7-8-3-10(15)5-11(16)4-8/h1-6H,7,17H2. The van der Waals surface area contributed by atoms with Crippen LogP contribution in [-0.4, -0.2) is 8.42 Å². The molecule has 0 radical (unpaired) electrons. The van der Waals surface area contributed by atoms with Crippen LogP contribution >= 0.6 is 31.9 Å². The van der Waals surface area contributed by atoms with E-state index in [1.807, 2.05) is 0 Å². The first-order valence-electron chi connectivity index (χ1n) is 5.51. The van der Waals surface area contributed by atoms with Crippen LogP contribution in [0.2, 0.25) is 0 Å². The van der Waals surface area contributed by atoms with Crippen molar-refractivity contribution < 1.29 is 12.8 Å². The van der Waals surface area contributed by atoms with E-state index in [0.29, 0.717) is 14.5 Å². The molecule has 3 nitrogen and oxygen atoms in total. The summed E-state index contributed by atoms with van der Waals surface area (Å²) in [6.45, 7) is 0. The minimum atomic E-state index is -3.64. The van der Waals surface area contributed by atoms with Gasteiger partial charge < -0.3 is 5.73 Å². The molecular formula is C13H10Br2FNO2S. The highest BCUT2D eigenvalue weighted by Crippen LogP contribution is 2.27. The molecule has 0 aliphatic rings. The van der Waals surface area contributed by atoms with Crippen LogP contribution in [0.1, 0.15) is 5.56 Å². The highest BCUT2D eigenvalue weighted by Gasteiger charge is 2.19. The zero-order chi connectivity index (χ0) is 14.9. The van der Waals surface area contributed by atoms with Gasteiger partial charge in [0.15, 0.2) is 9.84 Å². The van der Waals surface area contributed by atoms with Gasteiger partial charge >= 0.3 is 0 Å². The van der Waals surface area contributed by atoms with Crippen LogP contribution in [0.15, 0.2) is 50.2 Å². The molecular weight excluding hydrogens is 413 g/mol. The number of hydrogen-bond acceptors (Lipinski definition) is 3. The van der Waals surface area contributed by atoms with Crippen molar-refractivity contribution in [2.45, 2.75) is 10.6 Å². The summed E-state index contributed by atoms with van der Waals surface area (Å²) in [5, 5.41) is 0. The van der Waals surface area contributed by atoms with Crippen LogP contribution in [0.4, 0.5) is 10.1 Å². The molecule has 0 bridgehead atoms. The zero-order valence-electron chi connectivity index (χ0n) is 10.1. The molecule has 20 heavy (non-hydrogen) atoms. The first-order valence-corrected chi connectivity index (χ1v) is 8.74. The SMILES string of the molecule is Nc1ccc(Br)cc1S(=O)(=O)Cc1cc(F)cc(Br)c1. The van der Waals surface area contributed by atoms with Gasteiger partial charge in [-0.3, -0.25) is 0 Å². The largest absolute Gasteiger partial charge is 0.398 e.